The lowest BCUT2D eigenvalue weighted by Crippen LogP contribution is -2.11. The Morgan fingerprint density at radius 1 is 0.604 bits per heavy atom. The minimum absolute atomic E-state index is 0.00984. The molecular formula is C47H40N4O2. The molecule has 0 fully saturated rings. The Morgan fingerprint density at radius 2 is 1.34 bits per heavy atom. The topological polar surface area (TPSA) is 77.0 Å². The van der Waals surface area contributed by atoms with Gasteiger partial charge in [0.15, 0.2) is 0 Å². The fourth-order valence-corrected chi connectivity index (χ4v) is 7.46. The van der Waals surface area contributed by atoms with E-state index in [4.69, 9.17) is 19.4 Å². The van der Waals surface area contributed by atoms with Crippen molar-refractivity contribution >= 4 is 44.0 Å². The maximum atomic E-state index is 11.5. The van der Waals surface area contributed by atoms with Gasteiger partial charge in [-0.2, -0.15) is 0 Å². The van der Waals surface area contributed by atoms with Crippen molar-refractivity contribution in [2.24, 2.45) is 0 Å². The number of phenols is 1. The van der Waals surface area contributed by atoms with Crippen LogP contribution in [0.2, 0.25) is 0 Å². The molecule has 0 saturated heterocycles. The average Bonchev–Trinajstić information content (AvgIpc) is 3.73. The van der Waals surface area contributed by atoms with Gasteiger partial charge in [-0.15, -0.1) is 0 Å². The number of hydrogen-bond donors (Lipinski definition) is 1. The first kappa shape index (κ1) is 32.6. The van der Waals surface area contributed by atoms with Crippen LogP contribution < -0.4 is 0 Å². The van der Waals surface area contributed by atoms with E-state index in [2.05, 4.69) is 119 Å². The minimum atomic E-state index is -0.0735. The maximum Gasteiger partial charge on any atom is 0.147 e. The summed E-state index contributed by atoms with van der Waals surface area (Å²) in [6, 6.07) is 39.5. The predicted molar refractivity (Wildman–Crippen MR) is 217 cm³/mol. The Morgan fingerprint density at radius 3 is 2.13 bits per heavy atom. The fraction of sp³-hybridized carbons (Fsp3) is 0.170. The van der Waals surface area contributed by atoms with E-state index in [-0.39, 0.29) is 16.6 Å². The van der Waals surface area contributed by atoms with Crippen molar-refractivity contribution < 1.29 is 9.52 Å². The second-order valence-electron chi connectivity index (χ2n) is 16.0. The van der Waals surface area contributed by atoms with Crippen molar-refractivity contribution in [1.29, 1.82) is 0 Å². The number of aromatic nitrogens is 4. The van der Waals surface area contributed by atoms with E-state index in [1.165, 1.54) is 11.1 Å². The summed E-state index contributed by atoms with van der Waals surface area (Å²) in [6.07, 6.45) is 3.51. The first-order valence-corrected chi connectivity index (χ1v) is 18.1. The van der Waals surface area contributed by atoms with E-state index >= 15 is 0 Å². The zero-order valence-corrected chi connectivity index (χ0v) is 30.8. The molecule has 0 spiro atoms. The number of aromatic hydroxyl groups is 1. The van der Waals surface area contributed by atoms with Crippen LogP contribution in [0.4, 0.5) is 0 Å². The van der Waals surface area contributed by atoms with Crippen molar-refractivity contribution in [1.82, 2.24) is 19.5 Å². The van der Waals surface area contributed by atoms with Gasteiger partial charge in [0.25, 0.3) is 0 Å². The van der Waals surface area contributed by atoms with Crippen molar-refractivity contribution in [3.8, 4) is 45.1 Å². The molecule has 3 aromatic heterocycles. The summed E-state index contributed by atoms with van der Waals surface area (Å²) in [4.78, 5) is 14.9. The monoisotopic (exact) mass is 692 g/mol. The molecule has 0 saturated carbocycles. The number of imidazole rings is 1. The first-order valence-electron chi connectivity index (χ1n) is 18.1. The highest BCUT2D eigenvalue weighted by atomic mass is 16.3. The maximum absolute atomic E-state index is 11.5. The molecule has 0 aliphatic carbocycles. The van der Waals surface area contributed by atoms with Crippen molar-refractivity contribution in [2.45, 2.75) is 52.4 Å². The summed E-state index contributed by atoms with van der Waals surface area (Å²) in [7, 11) is 0. The lowest BCUT2D eigenvalue weighted by atomic mass is 9.84. The molecule has 3 heterocycles. The molecule has 0 amide bonds. The van der Waals surface area contributed by atoms with Crippen LogP contribution in [0.25, 0.3) is 83.3 Å². The predicted octanol–water partition coefficient (Wildman–Crippen LogP) is 12.2. The third kappa shape index (κ3) is 5.45. The molecule has 0 bridgehead atoms. The van der Waals surface area contributed by atoms with Gasteiger partial charge in [0.05, 0.1) is 27.6 Å². The number of para-hydroxylation sites is 2. The third-order valence-electron chi connectivity index (χ3n) is 10.3. The van der Waals surface area contributed by atoms with Gasteiger partial charge in [-0.3, -0.25) is 14.5 Å². The summed E-state index contributed by atoms with van der Waals surface area (Å²) >= 11 is 0. The van der Waals surface area contributed by atoms with E-state index in [9.17, 15) is 5.11 Å². The normalized spacial score (nSPS) is 12.4. The van der Waals surface area contributed by atoms with Crippen LogP contribution in [-0.4, -0.2) is 24.6 Å². The highest BCUT2D eigenvalue weighted by molar-refractivity contribution is 6.13. The summed E-state index contributed by atoms with van der Waals surface area (Å²) in [5.41, 5.74) is 12.7. The van der Waals surface area contributed by atoms with Crippen LogP contribution >= 0.6 is 0 Å². The van der Waals surface area contributed by atoms with Gasteiger partial charge in [0.1, 0.15) is 22.7 Å². The average molecular weight is 693 g/mol. The quantitative estimate of drug-likeness (QED) is 0.199. The van der Waals surface area contributed by atoms with Crippen LogP contribution in [-0.2, 0) is 10.8 Å². The number of hydrogen-bond acceptors (Lipinski definition) is 5. The summed E-state index contributed by atoms with van der Waals surface area (Å²) in [5, 5.41) is 13.4. The van der Waals surface area contributed by atoms with Crippen molar-refractivity contribution in [3.63, 3.8) is 0 Å². The fourth-order valence-electron chi connectivity index (χ4n) is 7.46. The molecule has 0 radical (unpaired) electrons. The third-order valence-corrected chi connectivity index (χ3v) is 10.3. The SMILES string of the molecule is CC(C)(C)c1ccc(-n2c(-c3cccc(-c4cc(C(C)(C)C)cc5nccnc45)c3)nc3c(-c4c(O)ccc5c4oc4ccccc45)cccc32)cc1. The Balaban J connectivity index is 1.31. The van der Waals surface area contributed by atoms with E-state index in [1.54, 1.807) is 18.5 Å². The van der Waals surface area contributed by atoms with Gasteiger partial charge in [-0.25, -0.2) is 4.98 Å². The molecule has 0 atom stereocenters. The lowest BCUT2D eigenvalue weighted by molar-refractivity contribution is 0.477. The molecule has 9 aromatic rings. The molecule has 0 unspecified atom stereocenters. The van der Waals surface area contributed by atoms with Crippen LogP contribution in [0.1, 0.15) is 52.7 Å². The molecule has 0 aliphatic heterocycles. The molecular weight excluding hydrogens is 653 g/mol. The Hall–Kier alpha value is -6.27. The van der Waals surface area contributed by atoms with Crippen LogP contribution in [0.5, 0.6) is 5.75 Å². The molecule has 6 nitrogen and oxygen atoms in total. The van der Waals surface area contributed by atoms with Gasteiger partial charge >= 0.3 is 0 Å². The van der Waals surface area contributed by atoms with Crippen LogP contribution in [0.3, 0.4) is 0 Å². The summed E-state index contributed by atoms with van der Waals surface area (Å²) < 4.78 is 8.67. The van der Waals surface area contributed by atoms with Gasteiger partial charge in [0, 0.05) is 45.5 Å². The van der Waals surface area contributed by atoms with Crippen molar-refractivity contribution in [2.75, 3.05) is 0 Å². The largest absolute Gasteiger partial charge is 0.507 e. The van der Waals surface area contributed by atoms with Crippen LogP contribution in [0, 0.1) is 0 Å². The number of furan rings is 1. The van der Waals surface area contributed by atoms with Gasteiger partial charge in [0.2, 0.25) is 0 Å². The molecule has 260 valence electrons. The second-order valence-corrected chi connectivity index (χ2v) is 16.0. The summed E-state index contributed by atoms with van der Waals surface area (Å²) in [6.45, 7) is 13.3. The molecule has 1 N–H and O–H groups in total. The highest BCUT2D eigenvalue weighted by Crippen LogP contribution is 2.44. The number of fused-ring (bicyclic) bond motifs is 5. The zero-order valence-electron chi connectivity index (χ0n) is 30.8. The Labute approximate surface area is 308 Å². The summed E-state index contributed by atoms with van der Waals surface area (Å²) in [5.74, 6) is 0.930. The second kappa shape index (κ2) is 11.9. The number of nitrogens with zero attached hydrogens (tertiary/aromatic N) is 4. The lowest BCUT2D eigenvalue weighted by Gasteiger charge is -2.21. The van der Waals surface area contributed by atoms with Crippen molar-refractivity contribution in [3.05, 3.63) is 139 Å². The standard InChI is InChI=1S/C47H40N4O2/c1-46(2,3)30-17-19-32(20-18-30)51-38-15-10-14-35(41-39(52)22-21-34-33-13-7-8-16-40(33)53-44(34)41)43(38)50-45(51)29-12-9-11-28(25-29)36-26-31(47(4,5)6)27-37-42(36)49-24-23-48-37/h7-27,52H,1-6H3. The number of benzene rings is 6. The van der Waals surface area contributed by atoms with Gasteiger partial charge in [-0.05, 0) is 82.1 Å². The molecule has 6 heteroatoms. The number of phenolic OH excluding ortho intramolecular Hbond substituents is 1. The first-order chi connectivity index (χ1) is 25.5. The smallest absolute Gasteiger partial charge is 0.147 e. The van der Waals surface area contributed by atoms with E-state index in [0.29, 0.717) is 11.1 Å². The van der Waals surface area contributed by atoms with Gasteiger partial charge < -0.3 is 9.52 Å². The van der Waals surface area contributed by atoms with E-state index in [0.717, 1.165) is 72.2 Å². The minimum Gasteiger partial charge on any atom is -0.507 e. The highest BCUT2D eigenvalue weighted by Gasteiger charge is 2.24. The van der Waals surface area contributed by atoms with Crippen LogP contribution in [0.15, 0.2) is 132 Å². The zero-order chi connectivity index (χ0) is 36.6. The molecule has 0 aliphatic rings. The number of rotatable bonds is 4. The molecule has 53 heavy (non-hydrogen) atoms. The Kier molecular flexibility index (Phi) is 7.32. The molecule has 9 rings (SSSR count). The Bertz CT molecular complexity index is 2870. The van der Waals surface area contributed by atoms with E-state index in [1.807, 2.05) is 36.4 Å². The van der Waals surface area contributed by atoms with E-state index < -0.39 is 0 Å². The van der Waals surface area contributed by atoms with Gasteiger partial charge in [-0.1, -0.05) is 102 Å². The molecule has 6 aromatic carbocycles.